The molecule has 0 spiro atoms. The number of ether oxygens (including phenoxy) is 2. The quantitative estimate of drug-likeness (QED) is 0.635. The number of rotatable bonds is 6. The molecule has 3 nitrogen and oxygen atoms in total. The van der Waals surface area contributed by atoms with Gasteiger partial charge >= 0.3 is 0 Å². The first-order valence-corrected chi connectivity index (χ1v) is 5.03. The van der Waals surface area contributed by atoms with Crippen LogP contribution in [-0.2, 0) is 9.47 Å². The van der Waals surface area contributed by atoms with E-state index in [1.54, 1.807) is 0 Å². The van der Waals surface area contributed by atoms with Crippen LogP contribution in [-0.4, -0.2) is 32.5 Å². The van der Waals surface area contributed by atoms with E-state index in [4.69, 9.17) is 15.2 Å². The van der Waals surface area contributed by atoms with Gasteiger partial charge in [0.15, 0.2) is 0 Å². The highest BCUT2D eigenvalue weighted by Crippen LogP contribution is 2.20. The van der Waals surface area contributed by atoms with Gasteiger partial charge in [-0.05, 0) is 24.8 Å². The molecule has 0 atom stereocenters. The van der Waals surface area contributed by atoms with Crippen LogP contribution in [0.5, 0.6) is 0 Å². The predicted octanol–water partition coefficient (Wildman–Crippen LogP) is 1.17. The van der Waals surface area contributed by atoms with E-state index in [0.717, 1.165) is 39.2 Å². The fraction of sp³-hybridized carbons (Fsp3) is 1.00. The molecule has 1 aliphatic heterocycles. The van der Waals surface area contributed by atoms with Crippen LogP contribution in [0.3, 0.4) is 0 Å². The molecular formula is C10H21NO2. The zero-order valence-electron chi connectivity index (χ0n) is 8.71. The molecule has 0 aromatic heterocycles. The molecule has 1 fully saturated rings. The van der Waals surface area contributed by atoms with Crippen molar-refractivity contribution in [2.75, 3.05) is 26.4 Å². The lowest BCUT2D eigenvalue weighted by Gasteiger charge is -2.27. The Morgan fingerprint density at radius 1 is 1.46 bits per heavy atom. The predicted molar refractivity (Wildman–Crippen MR) is 52.6 cm³/mol. The normalized spacial score (nSPS) is 18.7. The smallest absolute Gasteiger partial charge is 0.104 e. The monoisotopic (exact) mass is 187 g/mol. The summed E-state index contributed by atoms with van der Waals surface area (Å²) in [5, 5.41) is 0. The molecule has 1 heterocycles. The van der Waals surface area contributed by atoms with Crippen LogP contribution in [0.2, 0.25) is 0 Å². The molecule has 13 heavy (non-hydrogen) atoms. The molecule has 0 unspecified atom stereocenters. The van der Waals surface area contributed by atoms with Crippen LogP contribution in [0, 0.1) is 5.41 Å². The van der Waals surface area contributed by atoms with E-state index in [2.05, 4.69) is 13.8 Å². The maximum absolute atomic E-state index is 5.62. The van der Waals surface area contributed by atoms with E-state index in [1.807, 2.05) is 0 Å². The molecule has 2 N–H and O–H groups in total. The average Bonchev–Trinajstić information content (AvgIpc) is 2.01. The topological polar surface area (TPSA) is 44.5 Å². The van der Waals surface area contributed by atoms with Gasteiger partial charge in [-0.2, -0.15) is 0 Å². The minimum absolute atomic E-state index is 0.263. The van der Waals surface area contributed by atoms with E-state index in [1.165, 1.54) is 0 Å². The Morgan fingerprint density at radius 2 is 2.15 bits per heavy atom. The SMILES string of the molecule is CC(C)(CN)CCCOC1COC1. The highest BCUT2D eigenvalue weighted by atomic mass is 16.6. The van der Waals surface area contributed by atoms with E-state index >= 15 is 0 Å². The molecule has 1 rings (SSSR count). The van der Waals surface area contributed by atoms with E-state index in [0.29, 0.717) is 6.10 Å². The van der Waals surface area contributed by atoms with E-state index in [9.17, 15) is 0 Å². The van der Waals surface area contributed by atoms with Crippen molar-refractivity contribution in [3.8, 4) is 0 Å². The summed E-state index contributed by atoms with van der Waals surface area (Å²) in [5.41, 5.74) is 5.89. The lowest BCUT2D eigenvalue weighted by Crippen LogP contribution is -2.36. The Kier molecular flexibility index (Phi) is 4.16. The average molecular weight is 187 g/mol. The van der Waals surface area contributed by atoms with Crippen molar-refractivity contribution < 1.29 is 9.47 Å². The molecule has 0 bridgehead atoms. The molecular weight excluding hydrogens is 166 g/mol. The van der Waals surface area contributed by atoms with Crippen molar-refractivity contribution in [1.82, 2.24) is 0 Å². The minimum Gasteiger partial charge on any atom is -0.376 e. The molecule has 0 aromatic carbocycles. The number of hydrogen-bond acceptors (Lipinski definition) is 3. The van der Waals surface area contributed by atoms with Gasteiger partial charge in [0.25, 0.3) is 0 Å². The standard InChI is InChI=1S/C10H21NO2/c1-10(2,8-11)4-3-5-13-9-6-12-7-9/h9H,3-8,11H2,1-2H3. The lowest BCUT2D eigenvalue weighted by atomic mass is 9.88. The van der Waals surface area contributed by atoms with Gasteiger partial charge < -0.3 is 15.2 Å². The van der Waals surface area contributed by atoms with Crippen LogP contribution in [0.25, 0.3) is 0 Å². The van der Waals surface area contributed by atoms with Crippen molar-refractivity contribution in [3.05, 3.63) is 0 Å². The maximum Gasteiger partial charge on any atom is 0.104 e. The summed E-state index contributed by atoms with van der Waals surface area (Å²) in [6.07, 6.45) is 2.60. The molecule has 0 aliphatic carbocycles. The highest BCUT2D eigenvalue weighted by Gasteiger charge is 2.19. The third kappa shape index (κ3) is 4.07. The Hall–Kier alpha value is -0.120. The largest absolute Gasteiger partial charge is 0.376 e. The maximum atomic E-state index is 5.62. The molecule has 0 saturated carbocycles. The zero-order chi connectivity index (χ0) is 9.73. The first-order valence-electron chi connectivity index (χ1n) is 5.03. The second-order valence-corrected chi connectivity index (χ2v) is 4.50. The Balaban J connectivity index is 1.93. The van der Waals surface area contributed by atoms with Crippen LogP contribution in [0.1, 0.15) is 26.7 Å². The lowest BCUT2D eigenvalue weighted by molar-refractivity contribution is -0.130. The number of nitrogens with two attached hydrogens (primary N) is 1. The van der Waals surface area contributed by atoms with Crippen molar-refractivity contribution >= 4 is 0 Å². The fourth-order valence-electron chi connectivity index (χ4n) is 1.21. The summed E-state index contributed by atoms with van der Waals surface area (Å²) in [4.78, 5) is 0. The molecule has 0 radical (unpaired) electrons. The van der Waals surface area contributed by atoms with Crippen LogP contribution < -0.4 is 5.73 Å². The van der Waals surface area contributed by atoms with Crippen molar-refractivity contribution in [2.45, 2.75) is 32.8 Å². The third-order valence-corrected chi connectivity index (χ3v) is 2.51. The fourth-order valence-corrected chi connectivity index (χ4v) is 1.21. The second-order valence-electron chi connectivity index (χ2n) is 4.50. The second kappa shape index (κ2) is 4.94. The van der Waals surface area contributed by atoms with Crippen molar-refractivity contribution in [2.24, 2.45) is 11.1 Å². The van der Waals surface area contributed by atoms with Gasteiger partial charge in [-0.25, -0.2) is 0 Å². The van der Waals surface area contributed by atoms with Gasteiger partial charge in [-0.15, -0.1) is 0 Å². The first kappa shape index (κ1) is 11.0. The van der Waals surface area contributed by atoms with Crippen LogP contribution in [0.15, 0.2) is 0 Å². The minimum atomic E-state index is 0.263. The summed E-state index contributed by atoms with van der Waals surface area (Å²) >= 11 is 0. The number of hydrogen-bond donors (Lipinski definition) is 1. The summed E-state index contributed by atoms with van der Waals surface area (Å²) < 4.78 is 10.6. The summed E-state index contributed by atoms with van der Waals surface area (Å²) in [6.45, 7) is 7.54. The third-order valence-electron chi connectivity index (χ3n) is 2.51. The van der Waals surface area contributed by atoms with E-state index in [-0.39, 0.29) is 5.41 Å². The van der Waals surface area contributed by atoms with Crippen molar-refractivity contribution in [1.29, 1.82) is 0 Å². The molecule has 3 heteroatoms. The van der Waals surface area contributed by atoms with Gasteiger partial charge in [0.05, 0.1) is 13.2 Å². The zero-order valence-corrected chi connectivity index (χ0v) is 8.71. The van der Waals surface area contributed by atoms with Crippen LogP contribution >= 0.6 is 0 Å². The van der Waals surface area contributed by atoms with Crippen molar-refractivity contribution in [3.63, 3.8) is 0 Å². The summed E-state index contributed by atoms with van der Waals surface area (Å²) in [7, 11) is 0. The Morgan fingerprint density at radius 3 is 2.62 bits per heavy atom. The van der Waals surface area contributed by atoms with Gasteiger partial charge in [0.2, 0.25) is 0 Å². The van der Waals surface area contributed by atoms with Gasteiger partial charge in [0, 0.05) is 6.61 Å². The van der Waals surface area contributed by atoms with E-state index < -0.39 is 0 Å². The summed E-state index contributed by atoms with van der Waals surface area (Å²) in [6, 6.07) is 0. The molecule has 0 amide bonds. The van der Waals surface area contributed by atoms with Gasteiger partial charge in [-0.1, -0.05) is 13.8 Å². The first-order chi connectivity index (χ1) is 6.14. The van der Waals surface area contributed by atoms with Gasteiger partial charge in [0.1, 0.15) is 6.10 Å². The highest BCUT2D eigenvalue weighted by molar-refractivity contribution is 4.69. The van der Waals surface area contributed by atoms with Crippen LogP contribution in [0.4, 0.5) is 0 Å². The Labute approximate surface area is 80.6 Å². The molecule has 1 saturated heterocycles. The molecule has 78 valence electrons. The summed E-state index contributed by atoms with van der Waals surface area (Å²) in [5.74, 6) is 0. The van der Waals surface area contributed by atoms with Gasteiger partial charge in [-0.3, -0.25) is 0 Å². The Bertz CT molecular complexity index is 144. The molecule has 1 aliphatic rings. The molecule has 0 aromatic rings.